The van der Waals surface area contributed by atoms with Crippen molar-refractivity contribution in [1.29, 1.82) is 0 Å². The van der Waals surface area contributed by atoms with Gasteiger partial charge >= 0.3 is 6.09 Å². The van der Waals surface area contributed by atoms with Crippen LogP contribution in [-0.4, -0.2) is 67.2 Å². The van der Waals surface area contributed by atoms with Crippen LogP contribution in [0.2, 0.25) is 18.1 Å². The van der Waals surface area contributed by atoms with Crippen LogP contribution in [0.5, 0.6) is 0 Å². The first-order valence-electron chi connectivity index (χ1n) is 11.0. The minimum atomic E-state index is -2.36. The van der Waals surface area contributed by atoms with E-state index in [4.69, 9.17) is 58.2 Å². The number of alkyl carbamates (subject to hydrolysis) is 1. The van der Waals surface area contributed by atoms with Gasteiger partial charge in [0.15, 0.2) is 20.9 Å². The molecule has 1 amide bonds. The van der Waals surface area contributed by atoms with E-state index < -0.39 is 61.7 Å². The maximum Gasteiger partial charge on any atom is 0.407 e. The molecule has 2 N–H and O–H groups in total. The van der Waals surface area contributed by atoms with Gasteiger partial charge in [-0.05, 0) is 18.1 Å². The number of ether oxygens (including phenoxy) is 4. The molecule has 34 heavy (non-hydrogen) atoms. The summed E-state index contributed by atoms with van der Waals surface area (Å²) in [5, 5.41) is 13.8. The topological polar surface area (TPSA) is 95.5 Å². The number of fused-ring (bicyclic) bond motifs is 1. The highest BCUT2D eigenvalue weighted by Gasteiger charge is 2.53. The van der Waals surface area contributed by atoms with E-state index in [1.807, 2.05) is 43.4 Å². The van der Waals surface area contributed by atoms with Crippen molar-refractivity contribution in [1.82, 2.24) is 5.32 Å². The highest BCUT2D eigenvalue weighted by molar-refractivity contribution is 6.74. The van der Waals surface area contributed by atoms with Crippen molar-refractivity contribution in [2.45, 2.75) is 79.6 Å². The van der Waals surface area contributed by atoms with Crippen LogP contribution < -0.4 is 5.32 Å². The Morgan fingerprint density at radius 2 is 1.82 bits per heavy atom. The van der Waals surface area contributed by atoms with Crippen LogP contribution in [0.1, 0.15) is 32.6 Å². The van der Waals surface area contributed by atoms with Gasteiger partial charge in [0.25, 0.3) is 0 Å². The van der Waals surface area contributed by atoms with Gasteiger partial charge in [-0.25, -0.2) is 4.79 Å². The van der Waals surface area contributed by atoms with Gasteiger partial charge < -0.3 is 33.8 Å². The van der Waals surface area contributed by atoms with Gasteiger partial charge in [-0.3, -0.25) is 0 Å². The molecule has 8 nitrogen and oxygen atoms in total. The van der Waals surface area contributed by atoms with Crippen molar-refractivity contribution in [3.8, 4) is 0 Å². The summed E-state index contributed by atoms with van der Waals surface area (Å²) in [6.45, 7) is 10.1. The van der Waals surface area contributed by atoms with Gasteiger partial charge in [0, 0.05) is 5.56 Å². The molecule has 0 spiro atoms. The Morgan fingerprint density at radius 1 is 1.18 bits per heavy atom. The van der Waals surface area contributed by atoms with Crippen LogP contribution in [0.3, 0.4) is 0 Å². The summed E-state index contributed by atoms with van der Waals surface area (Å²) in [5.41, 5.74) is 0.805. The summed E-state index contributed by atoms with van der Waals surface area (Å²) in [6, 6.07) is 8.38. The van der Waals surface area contributed by atoms with E-state index in [0.717, 1.165) is 5.56 Å². The molecule has 6 atom stereocenters. The zero-order valence-corrected chi connectivity index (χ0v) is 23.1. The molecule has 0 aromatic heterocycles. The summed E-state index contributed by atoms with van der Waals surface area (Å²) in [6.07, 6.45) is -5.08. The maximum atomic E-state index is 12.5. The molecule has 0 unspecified atom stereocenters. The smallest absolute Gasteiger partial charge is 0.407 e. The minimum absolute atomic E-state index is 0.142. The number of hydrogen-bond donors (Lipinski definition) is 2. The van der Waals surface area contributed by atoms with Gasteiger partial charge in [-0.1, -0.05) is 85.9 Å². The first kappa shape index (κ1) is 28.0. The number of aliphatic hydroxyl groups excluding tert-OH is 1. The SMILES string of the molecule is CC(C)(C)[Si](C)(C)O[C@@H]1O[C@@H]2CO[C@@H](c3ccccc3)O[C@H]2[C@H](O)[C@H]1NC(=O)OCC(Cl)(Cl)Cl. The molecule has 2 heterocycles. The standard InChI is InChI=1S/C22H32Cl3NO7Si/c1-21(2,3)34(4,5)33-19-15(26-20(28)30-12-22(23,24)25)16(27)17-14(31-19)11-29-18(32-17)13-9-7-6-8-10-13/h6-10,14-19,27H,11-12H2,1-5H3,(H,26,28)/t14-,15-,16-,17-,18-,19+/m1/s1. The number of halogens is 3. The van der Waals surface area contributed by atoms with Gasteiger partial charge in [0.1, 0.15) is 31.0 Å². The lowest BCUT2D eigenvalue weighted by Crippen LogP contribution is -2.68. The third-order valence-electron chi connectivity index (χ3n) is 6.31. The van der Waals surface area contributed by atoms with Crippen LogP contribution >= 0.6 is 34.8 Å². The molecule has 2 aliphatic rings. The number of benzene rings is 1. The van der Waals surface area contributed by atoms with E-state index in [2.05, 4.69) is 26.1 Å². The van der Waals surface area contributed by atoms with Crippen LogP contribution in [-0.2, 0) is 23.4 Å². The summed E-state index contributed by atoms with van der Waals surface area (Å²) < 4.78 is 27.8. The largest absolute Gasteiger partial charge is 0.445 e. The molecule has 192 valence electrons. The highest BCUT2D eigenvalue weighted by atomic mass is 35.6. The fourth-order valence-corrected chi connectivity index (χ4v) is 4.72. The molecule has 0 aliphatic carbocycles. The lowest BCUT2D eigenvalue weighted by Gasteiger charge is -2.50. The third-order valence-corrected chi connectivity index (χ3v) is 11.1. The van der Waals surface area contributed by atoms with Gasteiger partial charge in [-0.15, -0.1) is 0 Å². The van der Waals surface area contributed by atoms with Gasteiger partial charge in [0.05, 0.1) is 6.61 Å². The molecule has 12 heteroatoms. The second-order valence-electron chi connectivity index (χ2n) is 9.95. The minimum Gasteiger partial charge on any atom is -0.445 e. The average Bonchev–Trinajstić information content (AvgIpc) is 2.74. The monoisotopic (exact) mass is 555 g/mol. The summed E-state index contributed by atoms with van der Waals surface area (Å²) >= 11 is 17.0. The summed E-state index contributed by atoms with van der Waals surface area (Å²) in [5.74, 6) is 0. The number of carbonyl (C=O) groups excluding carboxylic acids is 1. The number of carbonyl (C=O) groups is 1. The molecule has 2 saturated heterocycles. The fourth-order valence-electron chi connectivity index (χ4n) is 3.42. The van der Waals surface area contributed by atoms with Gasteiger partial charge in [0.2, 0.25) is 3.79 Å². The zero-order valence-electron chi connectivity index (χ0n) is 19.8. The molecule has 3 rings (SSSR count). The summed E-state index contributed by atoms with van der Waals surface area (Å²) in [4.78, 5) is 12.5. The Labute approximate surface area is 216 Å². The maximum absolute atomic E-state index is 12.5. The first-order valence-corrected chi connectivity index (χ1v) is 15.1. The predicted molar refractivity (Wildman–Crippen MR) is 132 cm³/mol. The molecule has 1 aromatic rings. The number of amides is 1. The Kier molecular flexibility index (Phi) is 8.86. The van der Waals surface area contributed by atoms with Crippen LogP contribution in [0.15, 0.2) is 30.3 Å². The van der Waals surface area contributed by atoms with Crippen LogP contribution in [0, 0.1) is 0 Å². The molecule has 1 aromatic carbocycles. The first-order chi connectivity index (χ1) is 15.7. The number of aliphatic hydroxyl groups is 1. The fraction of sp³-hybridized carbons (Fsp3) is 0.682. The number of hydrogen-bond acceptors (Lipinski definition) is 7. The van der Waals surface area contributed by atoms with E-state index in [1.165, 1.54) is 0 Å². The molecular weight excluding hydrogens is 525 g/mol. The van der Waals surface area contributed by atoms with Crippen molar-refractivity contribution >= 4 is 49.2 Å². The number of rotatable bonds is 5. The van der Waals surface area contributed by atoms with Crippen LogP contribution in [0.4, 0.5) is 4.79 Å². The lowest BCUT2D eigenvalue weighted by molar-refractivity contribution is -0.335. The van der Waals surface area contributed by atoms with E-state index in [9.17, 15) is 9.90 Å². The Bertz CT molecular complexity index is 834. The average molecular weight is 557 g/mol. The second kappa shape index (κ2) is 10.8. The van der Waals surface area contributed by atoms with E-state index in [1.54, 1.807) is 0 Å². The highest BCUT2D eigenvalue weighted by Crippen LogP contribution is 2.40. The second-order valence-corrected chi connectivity index (χ2v) is 17.2. The lowest BCUT2D eigenvalue weighted by atomic mass is 9.96. The van der Waals surface area contributed by atoms with E-state index >= 15 is 0 Å². The van der Waals surface area contributed by atoms with E-state index in [0.29, 0.717) is 0 Å². The van der Waals surface area contributed by atoms with Crippen molar-refractivity contribution < 1.29 is 33.3 Å². The molecule has 0 bridgehead atoms. The Morgan fingerprint density at radius 3 is 2.41 bits per heavy atom. The normalized spacial score (nSPS) is 30.4. The Hall–Kier alpha value is -0.623. The molecular formula is C22H32Cl3NO7Si. The summed E-state index contributed by atoms with van der Waals surface area (Å²) in [7, 11) is -2.36. The number of nitrogens with one attached hydrogen (secondary N) is 1. The number of alkyl halides is 3. The van der Waals surface area contributed by atoms with E-state index in [-0.39, 0.29) is 11.6 Å². The Balaban J connectivity index is 1.80. The molecule has 0 radical (unpaired) electrons. The molecule has 2 aliphatic heterocycles. The molecule has 0 saturated carbocycles. The van der Waals surface area contributed by atoms with Crippen molar-refractivity contribution in [3.05, 3.63) is 35.9 Å². The van der Waals surface area contributed by atoms with Crippen molar-refractivity contribution in [2.24, 2.45) is 0 Å². The predicted octanol–water partition coefficient (Wildman–Crippen LogP) is 4.67. The van der Waals surface area contributed by atoms with Crippen molar-refractivity contribution in [3.63, 3.8) is 0 Å². The van der Waals surface area contributed by atoms with Gasteiger partial charge in [-0.2, -0.15) is 0 Å². The zero-order chi connectivity index (χ0) is 25.3. The van der Waals surface area contributed by atoms with Crippen molar-refractivity contribution in [2.75, 3.05) is 13.2 Å². The van der Waals surface area contributed by atoms with Crippen LogP contribution in [0.25, 0.3) is 0 Å². The molecule has 2 fully saturated rings. The third kappa shape index (κ3) is 6.99. The quantitative estimate of drug-likeness (QED) is 0.402.